The molecule has 0 aliphatic heterocycles. The minimum Gasteiger partial charge on any atom is -0.336 e. The molecular formula is C23H28FN3O2S. The maximum atomic E-state index is 13.5. The van der Waals surface area contributed by atoms with Crippen LogP contribution in [0.3, 0.4) is 0 Å². The van der Waals surface area contributed by atoms with E-state index >= 15 is 0 Å². The van der Waals surface area contributed by atoms with Crippen LogP contribution in [-0.2, 0) is 22.5 Å². The molecule has 0 aliphatic carbocycles. The summed E-state index contributed by atoms with van der Waals surface area (Å²) in [7, 11) is -2.09. The number of aryl methyl sites for hydroxylation is 3. The van der Waals surface area contributed by atoms with Gasteiger partial charge in [0.15, 0.2) is 0 Å². The number of halogens is 1. The van der Waals surface area contributed by atoms with Gasteiger partial charge in [-0.2, -0.15) is 4.72 Å². The molecule has 1 unspecified atom stereocenters. The number of nitrogens with zero attached hydrogens (tertiary/aromatic N) is 2. The van der Waals surface area contributed by atoms with Crippen molar-refractivity contribution in [3.63, 3.8) is 0 Å². The Bertz CT molecular complexity index is 1140. The number of hydrogen-bond acceptors (Lipinski definition) is 3. The standard InChI is InChI=1S/C23H28FN3O2S/c1-15-13-18(23(3,4)5)14-16(2)21(15)30(28,29)26-20(22-25-11-12-27(22)6)17-7-9-19(24)10-8-17/h7-14,20,26H,1-6H3. The normalized spacial score (nSPS) is 13.4. The summed E-state index contributed by atoms with van der Waals surface area (Å²) < 4.78 is 44.9. The van der Waals surface area contributed by atoms with Gasteiger partial charge in [-0.1, -0.05) is 45.0 Å². The van der Waals surface area contributed by atoms with E-state index in [0.717, 1.165) is 5.56 Å². The highest BCUT2D eigenvalue weighted by Crippen LogP contribution is 2.31. The minimum absolute atomic E-state index is 0.0884. The van der Waals surface area contributed by atoms with Crippen molar-refractivity contribution in [2.24, 2.45) is 7.05 Å². The minimum atomic E-state index is -3.88. The molecule has 0 bridgehead atoms. The van der Waals surface area contributed by atoms with Crippen molar-refractivity contribution in [3.05, 3.63) is 82.7 Å². The Morgan fingerprint density at radius 3 is 2.10 bits per heavy atom. The Hall–Kier alpha value is -2.51. The molecule has 0 spiro atoms. The van der Waals surface area contributed by atoms with Crippen LogP contribution in [0.1, 0.15) is 54.9 Å². The van der Waals surface area contributed by atoms with Crippen LogP contribution in [0.2, 0.25) is 0 Å². The molecule has 1 aromatic heterocycles. The lowest BCUT2D eigenvalue weighted by Crippen LogP contribution is -2.32. The van der Waals surface area contributed by atoms with Gasteiger partial charge in [0.1, 0.15) is 17.7 Å². The number of nitrogens with one attached hydrogen (secondary N) is 1. The highest BCUT2D eigenvalue weighted by atomic mass is 32.2. The third-order valence-electron chi connectivity index (χ3n) is 5.19. The molecule has 1 N–H and O–H groups in total. The number of aromatic nitrogens is 2. The predicted octanol–water partition coefficient (Wildman–Crippen LogP) is 4.54. The SMILES string of the molecule is Cc1cc(C(C)(C)C)cc(C)c1S(=O)(=O)NC(c1ccc(F)cc1)c1nccn1C. The Labute approximate surface area is 178 Å². The lowest BCUT2D eigenvalue weighted by atomic mass is 9.85. The van der Waals surface area contributed by atoms with Gasteiger partial charge in [-0.3, -0.25) is 0 Å². The van der Waals surface area contributed by atoms with Crippen LogP contribution >= 0.6 is 0 Å². The van der Waals surface area contributed by atoms with Crippen LogP contribution in [-0.4, -0.2) is 18.0 Å². The zero-order chi connectivity index (χ0) is 22.3. The van der Waals surface area contributed by atoms with Gasteiger partial charge in [0.2, 0.25) is 10.0 Å². The van der Waals surface area contributed by atoms with Gasteiger partial charge in [0.25, 0.3) is 0 Å². The van der Waals surface area contributed by atoms with Crippen LogP contribution in [0.15, 0.2) is 53.7 Å². The second-order valence-electron chi connectivity index (χ2n) is 8.69. The van der Waals surface area contributed by atoms with E-state index in [0.29, 0.717) is 22.5 Å². The molecule has 1 heterocycles. The van der Waals surface area contributed by atoms with E-state index in [9.17, 15) is 12.8 Å². The number of imidazole rings is 1. The summed E-state index contributed by atoms with van der Waals surface area (Å²) in [4.78, 5) is 4.59. The molecule has 5 nitrogen and oxygen atoms in total. The van der Waals surface area contributed by atoms with Gasteiger partial charge < -0.3 is 4.57 Å². The third-order valence-corrected chi connectivity index (χ3v) is 6.92. The second-order valence-corrected chi connectivity index (χ2v) is 10.3. The summed E-state index contributed by atoms with van der Waals surface area (Å²) >= 11 is 0. The quantitative estimate of drug-likeness (QED) is 0.648. The highest BCUT2D eigenvalue weighted by Gasteiger charge is 2.29. The first kappa shape index (κ1) is 22.2. The van der Waals surface area contributed by atoms with Gasteiger partial charge in [0, 0.05) is 19.4 Å². The number of sulfonamides is 1. The van der Waals surface area contributed by atoms with Crippen LogP contribution in [0, 0.1) is 19.7 Å². The van der Waals surface area contributed by atoms with Crippen LogP contribution in [0.4, 0.5) is 4.39 Å². The summed E-state index contributed by atoms with van der Waals surface area (Å²) in [6.07, 6.45) is 3.35. The van der Waals surface area contributed by atoms with Crippen LogP contribution in [0.5, 0.6) is 0 Å². The fourth-order valence-electron chi connectivity index (χ4n) is 3.60. The molecule has 3 aromatic rings. The average Bonchev–Trinajstić information content (AvgIpc) is 3.04. The molecule has 2 aromatic carbocycles. The van der Waals surface area contributed by atoms with Crippen molar-refractivity contribution in [1.29, 1.82) is 0 Å². The van der Waals surface area contributed by atoms with E-state index in [2.05, 4.69) is 30.5 Å². The third kappa shape index (κ3) is 4.47. The van der Waals surface area contributed by atoms with Crippen molar-refractivity contribution in [2.75, 3.05) is 0 Å². The number of rotatable bonds is 5. The first-order valence-electron chi connectivity index (χ1n) is 9.77. The van der Waals surface area contributed by atoms with Gasteiger partial charge in [-0.15, -0.1) is 0 Å². The molecule has 0 aliphatic rings. The zero-order valence-electron chi connectivity index (χ0n) is 18.2. The van der Waals surface area contributed by atoms with E-state index in [1.807, 2.05) is 26.0 Å². The largest absolute Gasteiger partial charge is 0.336 e. The Morgan fingerprint density at radius 2 is 1.63 bits per heavy atom. The second kappa shape index (κ2) is 7.96. The van der Waals surface area contributed by atoms with Crippen molar-refractivity contribution in [3.8, 4) is 0 Å². The van der Waals surface area contributed by atoms with E-state index in [1.54, 1.807) is 36.1 Å². The van der Waals surface area contributed by atoms with Gasteiger partial charge in [-0.05, 0) is 53.6 Å². The van der Waals surface area contributed by atoms with E-state index < -0.39 is 16.1 Å². The number of benzene rings is 2. The molecule has 0 radical (unpaired) electrons. The van der Waals surface area contributed by atoms with Gasteiger partial charge >= 0.3 is 0 Å². The van der Waals surface area contributed by atoms with Gasteiger partial charge in [-0.25, -0.2) is 17.8 Å². The smallest absolute Gasteiger partial charge is 0.242 e. The van der Waals surface area contributed by atoms with Gasteiger partial charge in [0.05, 0.1) is 4.90 Å². The Balaban J connectivity index is 2.09. The fourth-order valence-corrected chi connectivity index (χ4v) is 5.24. The van der Waals surface area contributed by atoms with E-state index in [-0.39, 0.29) is 16.1 Å². The molecule has 0 saturated carbocycles. The summed E-state index contributed by atoms with van der Waals surface area (Å²) in [6.45, 7) is 9.91. The van der Waals surface area contributed by atoms with E-state index in [1.165, 1.54) is 12.1 Å². The predicted molar refractivity (Wildman–Crippen MR) is 116 cm³/mol. The van der Waals surface area contributed by atoms with E-state index in [4.69, 9.17) is 0 Å². The first-order chi connectivity index (χ1) is 13.9. The summed E-state index contributed by atoms with van der Waals surface area (Å²) in [5, 5.41) is 0. The molecule has 3 rings (SSSR count). The Morgan fingerprint density at radius 1 is 1.07 bits per heavy atom. The summed E-state index contributed by atoms with van der Waals surface area (Å²) in [5.41, 5.74) is 2.97. The fraction of sp³-hybridized carbons (Fsp3) is 0.348. The maximum Gasteiger partial charge on any atom is 0.242 e. The molecular weight excluding hydrogens is 401 g/mol. The lowest BCUT2D eigenvalue weighted by Gasteiger charge is -2.24. The summed E-state index contributed by atoms with van der Waals surface area (Å²) in [6, 6.07) is 8.86. The molecule has 160 valence electrons. The van der Waals surface area contributed by atoms with Crippen LogP contribution in [0.25, 0.3) is 0 Å². The first-order valence-corrected chi connectivity index (χ1v) is 11.2. The molecule has 7 heteroatoms. The number of hydrogen-bond donors (Lipinski definition) is 1. The van der Waals surface area contributed by atoms with Crippen molar-refractivity contribution >= 4 is 10.0 Å². The maximum absolute atomic E-state index is 13.5. The van der Waals surface area contributed by atoms with Crippen molar-refractivity contribution in [2.45, 2.75) is 51.0 Å². The molecule has 0 amide bonds. The van der Waals surface area contributed by atoms with Crippen molar-refractivity contribution < 1.29 is 12.8 Å². The molecule has 30 heavy (non-hydrogen) atoms. The topological polar surface area (TPSA) is 64.0 Å². The molecule has 0 saturated heterocycles. The van der Waals surface area contributed by atoms with Crippen molar-refractivity contribution in [1.82, 2.24) is 14.3 Å². The van der Waals surface area contributed by atoms with Crippen LogP contribution < -0.4 is 4.72 Å². The molecule has 1 atom stereocenters. The summed E-state index contributed by atoms with van der Waals surface area (Å²) in [5.74, 6) is 0.136. The average molecular weight is 430 g/mol. The monoisotopic (exact) mass is 429 g/mol. The molecule has 0 fully saturated rings. The highest BCUT2D eigenvalue weighted by molar-refractivity contribution is 7.89. The Kier molecular flexibility index (Phi) is 5.89. The zero-order valence-corrected chi connectivity index (χ0v) is 19.0. The lowest BCUT2D eigenvalue weighted by molar-refractivity contribution is 0.559.